The summed E-state index contributed by atoms with van der Waals surface area (Å²) >= 11 is 7.37. The van der Waals surface area contributed by atoms with E-state index in [1.54, 1.807) is 0 Å². The Morgan fingerprint density at radius 2 is 2.24 bits per heavy atom. The van der Waals surface area contributed by atoms with Crippen molar-refractivity contribution in [2.75, 3.05) is 0 Å². The number of hydrogen-bond acceptors (Lipinski definition) is 4. The van der Waals surface area contributed by atoms with Crippen LogP contribution in [0.3, 0.4) is 0 Å². The van der Waals surface area contributed by atoms with Gasteiger partial charge in [0.2, 0.25) is 0 Å². The van der Waals surface area contributed by atoms with Crippen LogP contribution in [0.2, 0.25) is 5.15 Å². The van der Waals surface area contributed by atoms with E-state index >= 15 is 0 Å². The lowest BCUT2D eigenvalue weighted by atomic mass is 10.0. The van der Waals surface area contributed by atoms with Gasteiger partial charge in [0.15, 0.2) is 5.13 Å². The maximum atomic E-state index is 9.13. The Morgan fingerprint density at radius 1 is 1.41 bits per heavy atom. The smallest absolute Gasteiger partial charge is 0.196 e. The predicted octanol–water partition coefficient (Wildman–Crippen LogP) is 2.35. The molecule has 17 heavy (non-hydrogen) atoms. The molecular weight excluding hydrogens is 258 g/mol. The lowest BCUT2D eigenvalue weighted by molar-refractivity contribution is 0.285. The van der Waals surface area contributed by atoms with E-state index in [9.17, 15) is 0 Å². The molecular formula is C11H12ClN3OS. The Kier molecular flexibility index (Phi) is 2.90. The molecule has 1 N–H and O–H groups in total. The van der Waals surface area contributed by atoms with Crippen LogP contribution in [0.25, 0.3) is 5.13 Å². The quantitative estimate of drug-likeness (QED) is 0.911. The number of aliphatic hydroxyl groups excluding tert-OH is 1. The van der Waals surface area contributed by atoms with Crippen molar-refractivity contribution >= 4 is 22.9 Å². The molecule has 0 spiro atoms. The fourth-order valence-corrected chi connectivity index (χ4v) is 3.27. The molecule has 2 aromatic heterocycles. The molecule has 0 radical (unpaired) electrons. The van der Waals surface area contributed by atoms with Crippen LogP contribution in [0.5, 0.6) is 0 Å². The molecule has 0 bridgehead atoms. The second-order valence-electron chi connectivity index (χ2n) is 4.08. The van der Waals surface area contributed by atoms with Gasteiger partial charge >= 0.3 is 0 Å². The third kappa shape index (κ3) is 1.88. The number of imidazole rings is 1. The monoisotopic (exact) mass is 269 g/mol. The molecule has 0 saturated carbocycles. The average molecular weight is 270 g/mol. The molecule has 2 heterocycles. The highest BCUT2D eigenvalue weighted by Gasteiger charge is 2.18. The zero-order valence-corrected chi connectivity index (χ0v) is 10.8. The van der Waals surface area contributed by atoms with Crippen molar-refractivity contribution < 1.29 is 5.11 Å². The number of aryl methyl sites for hydroxylation is 1. The summed E-state index contributed by atoms with van der Waals surface area (Å²) in [6.07, 6.45) is 6.32. The van der Waals surface area contributed by atoms with Gasteiger partial charge in [0, 0.05) is 5.69 Å². The number of aliphatic hydroxyl groups is 1. The topological polar surface area (TPSA) is 50.9 Å². The predicted molar refractivity (Wildman–Crippen MR) is 66.8 cm³/mol. The van der Waals surface area contributed by atoms with Gasteiger partial charge in [-0.05, 0) is 25.7 Å². The van der Waals surface area contributed by atoms with E-state index in [1.807, 2.05) is 10.9 Å². The minimum Gasteiger partial charge on any atom is -0.391 e. The van der Waals surface area contributed by atoms with Crippen LogP contribution in [-0.2, 0) is 19.4 Å². The molecule has 0 atom stereocenters. The molecule has 1 aliphatic rings. The Balaban J connectivity index is 2.05. The molecule has 0 aromatic carbocycles. The van der Waals surface area contributed by atoms with E-state index in [1.165, 1.54) is 35.6 Å². The second-order valence-corrected chi connectivity index (χ2v) is 5.50. The summed E-state index contributed by atoms with van der Waals surface area (Å²) in [6.45, 7) is -0.0621. The summed E-state index contributed by atoms with van der Waals surface area (Å²) in [7, 11) is 0. The standard InChI is InChI=1S/C11H12ClN3OS/c12-10-9(5-16)17-11(14-10)15-6-13-7-3-1-2-4-8(7)15/h6,16H,1-5H2. The first-order valence-electron chi connectivity index (χ1n) is 5.61. The summed E-state index contributed by atoms with van der Waals surface area (Å²) in [4.78, 5) is 9.41. The zero-order valence-electron chi connectivity index (χ0n) is 9.19. The van der Waals surface area contributed by atoms with Crippen LogP contribution in [0.4, 0.5) is 0 Å². The normalized spacial score (nSPS) is 14.9. The molecule has 3 rings (SSSR count). The highest BCUT2D eigenvalue weighted by molar-refractivity contribution is 7.14. The second kappa shape index (κ2) is 4.40. The summed E-state index contributed by atoms with van der Waals surface area (Å²) in [5.41, 5.74) is 2.42. The number of aromatic nitrogens is 3. The van der Waals surface area contributed by atoms with Gasteiger partial charge in [0.25, 0.3) is 0 Å². The molecule has 2 aromatic rings. The minimum absolute atomic E-state index is 0.0621. The fourth-order valence-electron chi connectivity index (χ4n) is 2.16. The van der Waals surface area contributed by atoms with E-state index < -0.39 is 0 Å². The van der Waals surface area contributed by atoms with Crippen molar-refractivity contribution in [3.8, 4) is 5.13 Å². The number of halogens is 1. The number of fused-ring (bicyclic) bond motifs is 1. The highest BCUT2D eigenvalue weighted by Crippen LogP contribution is 2.29. The van der Waals surface area contributed by atoms with E-state index in [0.717, 1.165) is 18.0 Å². The van der Waals surface area contributed by atoms with Crippen LogP contribution in [0.1, 0.15) is 29.1 Å². The summed E-state index contributed by atoms with van der Waals surface area (Å²) in [5, 5.41) is 10.3. The number of rotatable bonds is 2. The van der Waals surface area contributed by atoms with E-state index in [2.05, 4.69) is 9.97 Å². The molecule has 0 saturated heterocycles. The largest absolute Gasteiger partial charge is 0.391 e. The first-order valence-corrected chi connectivity index (χ1v) is 6.80. The SMILES string of the molecule is OCc1sc(-n2cnc3c2CCCC3)nc1Cl. The van der Waals surface area contributed by atoms with E-state index in [0.29, 0.717) is 10.0 Å². The Labute approximate surface area is 108 Å². The summed E-state index contributed by atoms with van der Waals surface area (Å²) in [6, 6.07) is 0. The number of hydrogen-bond donors (Lipinski definition) is 1. The van der Waals surface area contributed by atoms with Crippen LogP contribution in [0, 0.1) is 0 Å². The first-order chi connectivity index (χ1) is 8.29. The third-order valence-electron chi connectivity index (χ3n) is 3.02. The molecule has 6 heteroatoms. The maximum absolute atomic E-state index is 9.13. The van der Waals surface area contributed by atoms with Crippen LogP contribution in [-0.4, -0.2) is 19.6 Å². The number of thiazole rings is 1. The van der Waals surface area contributed by atoms with Gasteiger partial charge in [0.1, 0.15) is 11.5 Å². The average Bonchev–Trinajstić information content (AvgIpc) is 2.92. The van der Waals surface area contributed by atoms with Gasteiger partial charge in [-0.15, -0.1) is 0 Å². The lowest BCUT2D eigenvalue weighted by Crippen LogP contribution is -2.06. The van der Waals surface area contributed by atoms with Crippen molar-refractivity contribution in [3.05, 3.63) is 27.7 Å². The summed E-state index contributed by atoms with van der Waals surface area (Å²) < 4.78 is 2.00. The van der Waals surface area contributed by atoms with Crippen molar-refractivity contribution in [2.24, 2.45) is 0 Å². The van der Waals surface area contributed by atoms with Crippen LogP contribution in [0.15, 0.2) is 6.33 Å². The van der Waals surface area contributed by atoms with Gasteiger partial charge < -0.3 is 5.11 Å². The zero-order chi connectivity index (χ0) is 11.8. The van der Waals surface area contributed by atoms with Gasteiger partial charge in [-0.3, -0.25) is 4.57 Å². The van der Waals surface area contributed by atoms with Crippen LogP contribution >= 0.6 is 22.9 Å². The van der Waals surface area contributed by atoms with E-state index in [4.69, 9.17) is 16.7 Å². The molecule has 90 valence electrons. The van der Waals surface area contributed by atoms with Crippen LogP contribution < -0.4 is 0 Å². The van der Waals surface area contributed by atoms with Gasteiger partial charge in [0.05, 0.1) is 17.2 Å². The van der Waals surface area contributed by atoms with Crippen molar-refractivity contribution in [3.63, 3.8) is 0 Å². The molecule has 0 fully saturated rings. The molecule has 1 aliphatic carbocycles. The van der Waals surface area contributed by atoms with Crippen molar-refractivity contribution in [2.45, 2.75) is 32.3 Å². The fraction of sp³-hybridized carbons (Fsp3) is 0.455. The summed E-state index contributed by atoms with van der Waals surface area (Å²) in [5.74, 6) is 0. The van der Waals surface area contributed by atoms with Gasteiger partial charge in [-0.25, -0.2) is 9.97 Å². The molecule has 4 nitrogen and oxygen atoms in total. The van der Waals surface area contributed by atoms with E-state index in [-0.39, 0.29) is 6.61 Å². The third-order valence-corrected chi connectivity index (χ3v) is 4.48. The van der Waals surface area contributed by atoms with Crippen molar-refractivity contribution in [1.82, 2.24) is 14.5 Å². The van der Waals surface area contributed by atoms with Gasteiger partial charge in [-0.2, -0.15) is 0 Å². The maximum Gasteiger partial charge on any atom is 0.196 e. The Bertz CT molecular complexity index is 549. The Hall–Kier alpha value is -0.910. The Morgan fingerprint density at radius 3 is 3.00 bits per heavy atom. The first kappa shape index (κ1) is 11.2. The minimum atomic E-state index is -0.0621. The van der Waals surface area contributed by atoms with Gasteiger partial charge in [-0.1, -0.05) is 22.9 Å². The molecule has 0 aliphatic heterocycles. The lowest BCUT2D eigenvalue weighted by Gasteiger charge is -2.11. The highest BCUT2D eigenvalue weighted by atomic mass is 35.5. The molecule has 0 amide bonds. The molecule has 0 unspecified atom stereocenters. The van der Waals surface area contributed by atoms with Crippen molar-refractivity contribution in [1.29, 1.82) is 0 Å². The number of nitrogens with zero attached hydrogens (tertiary/aromatic N) is 3.